The maximum absolute atomic E-state index is 12.6. The van der Waals surface area contributed by atoms with Gasteiger partial charge in [0.2, 0.25) is 0 Å². The molecule has 0 atom stereocenters. The van der Waals surface area contributed by atoms with Crippen LogP contribution in [0.1, 0.15) is 32.9 Å². The molecule has 1 amide bonds. The molecule has 3 aromatic rings. The predicted octanol–water partition coefficient (Wildman–Crippen LogP) is 3.75. The molecule has 0 saturated carbocycles. The fourth-order valence-corrected chi connectivity index (χ4v) is 2.55. The third kappa shape index (κ3) is 3.33. The number of aromatic nitrogens is 3. The Kier molecular flexibility index (Phi) is 4.40. The first-order valence-electron chi connectivity index (χ1n) is 7.45. The first-order chi connectivity index (χ1) is 11.4. The molecular formula is C17H17ClN4O2. The molecule has 2 aromatic heterocycles. The first kappa shape index (κ1) is 16.3. The van der Waals surface area contributed by atoms with Gasteiger partial charge in [0.1, 0.15) is 5.76 Å². The largest absolute Gasteiger partial charge is 0.361 e. The summed E-state index contributed by atoms with van der Waals surface area (Å²) in [6, 6.07) is 5.89. The number of amides is 1. The highest BCUT2D eigenvalue weighted by Gasteiger charge is 2.21. The Morgan fingerprint density at radius 3 is 2.83 bits per heavy atom. The van der Waals surface area contributed by atoms with E-state index >= 15 is 0 Å². The maximum Gasteiger partial charge on any atom is 0.278 e. The van der Waals surface area contributed by atoms with Crippen molar-refractivity contribution in [3.05, 3.63) is 63.8 Å². The SMILES string of the molecule is Cc1ccc(C)c(NC(=O)c2noc(C)c2Cn2cc(Cl)cn2)c1. The molecule has 24 heavy (non-hydrogen) atoms. The van der Waals surface area contributed by atoms with Crippen molar-refractivity contribution < 1.29 is 9.32 Å². The summed E-state index contributed by atoms with van der Waals surface area (Å²) in [6.45, 7) is 6.04. The summed E-state index contributed by atoms with van der Waals surface area (Å²) in [5.41, 5.74) is 3.74. The van der Waals surface area contributed by atoms with Gasteiger partial charge in [0.25, 0.3) is 5.91 Å². The zero-order chi connectivity index (χ0) is 17.3. The van der Waals surface area contributed by atoms with E-state index in [4.69, 9.17) is 16.1 Å². The van der Waals surface area contributed by atoms with Gasteiger partial charge in [-0.25, -0.2) is 0 Å². The smallest absolute Gasteiger partial charge is 0.278 e. The highest BCUT2D eigenvalue weighted by Crippen LogP contribution is 2.20. The summed E-state index contributed by atoms with van der Waals surface area (Å²) in [6.07, 6.45) is 3.22. The van der Waals surface area contributed by atoms with Crippen molar-refractivity contribution in [1.82, 2.24) is 14.9 Å². The van der Waals surface area contributed by atoms with Crippen LogP contribution in [-0.4, -0.2) is 20.8 Å². The molecule has 124 valence electrons. The van der Waals surface area contributed by atoms with Crippen molar-refractivity contribution in [3.63, 3.8) is 0 Å². The van der Waals surface area contributed by atoms with Gasteiger partial charge in [-0.3, -0.25) is 9.48 Å². The fraction of sp³-hybridized carbons (Fsp3) is 0.235. The number of carbonyl (C=O) groups is 1. The molecule has 0 bridgehead atoms. The van der Waals surface area contributed by atoms with E-state index in [2.05, 4.69) is 15.6 Å². The molecule has 2 heterocycles. The maximum atomic E-state index is 12.6. The number of aryl methyl sites for hydroxylation is 3. The van der Waals surface area contributed by atoms with Crippen molar-refractivity contribution in [3.8, 4) is 0 Å². The lowest BCUT2D eigenvalue weighted by molar-refractivity contribution is 0.101. The summed E-state index contributed by atoms with van der Waals surface area (Å²) < 4.78 is 6.84. The summed E-state index contributed by atoms with van der Waals surface area (Å²) >= 11 is 5.88. The van der Waals surface area contributed by atoms with E-state index in [0.29, 0.717) is 22.9 Å². The summed E-state index contributed by atoms with van der Waals surface area (Å²) in [4.78, 5) is 12.6. The minimum atomic E-state index is -0.311. The van der Waals surface area contributed by atoms with Crippen LogP contribution < -0.4 is 5.32 Å². The number of hydrogen-bond donors (Lipinski definition) is 1. The van der Waals surface area contributed by atoms with Gasteiger partial charge in [0, 0.05) is 17.4 Å². The van der Waals surface area contributed by atoms with Crippen LogP contribution in [0, 0.1) is 20.8 Å². The number of anilines is 1. The average molecular weight is 345 g/mol. The summed E-state index contributed by atoms with van der Waals surface area (Å²) in [5.74, 6) is 0.265. The molecule has 6 nitrogen and oxygen atoms in total. The highest BCUT2D eigenvalue weighted by molar-refractivity contribution is 6.30. The van der Waals surface area contributed by atoms with E-state index in [-0.39, 0.29) is 11.6 Å². The highest BCUT2D eigenvalue weighted by atomic mass is 35.5. The van der Waals surface area contributed by atoms with Gasteiger partial charge in [-0.2, -0.15) is 5.10 Å². The van der Waals surface area contributed by atoms with Crippen LogP contribution in [0.3, 0.4) is 0 Å². The van der Waals surface area contributed by atoms with E-state index in [1.54, 1.807) is 24.0 Å². The molecule has 0 fully saturated rings. The topological polar surface area (TPSA) is 73.0 Å². The molecule has 0 aliphatic carbocycles. The van der Waals surface area contributed by atoms with Crippen LogP contribution in [0.5, 0.6) is 0 Å². The number of nitrogens with one attached hydrogen (secondary N) is 1. The van der Waals surface area contributed by atoms with Crippen molar-refractivity contribution in [2.45, 2.75) is 27.3 Å². The Hall–Kier alpha value is -2.60. The Labute approximate surface area is 144 Å². The average Bonchev–Trinajstić information content (AvgIpc) is 3.10. The van der Waals surface area contributed by atoms with Crippen LogP contribution in [0.4, 0.5) is 5.69 Å². The van der Waals surface area contributed by atoms with Gasteiger partial charge in [0.15, 0.2) is 5.69 Å². The number of carbonyl (C=O) groups excluding carboxylic acids is 1. The van der Waals surface area contributed by atoms with Crippen LogP contribution >= 0.6 is 11.6 Å². The number of halogens is 1. The Balaban J connectivity index is 1.86. The summed E-state index contributed by atoms with van der Waals surface area (Å²) in [7, 11) is 0. The number of hydrogen-bond acceptors (Lipinski definition) is 4. The second-order valence-corrected chi connectivity index (χ2v) is 6.13. The molecule has 1 aromatic carbocycles. The Bertz CT molecular complexity index is 898. The van der Waals surface area contributed by atoms with Gasteiger partial charge >= 0.3 is 0 Å². The zero-order valence-corrected chi connectivity index (χ0v) is 14.4. The number of rotatable bonds is 4. The van der Waals surface area contributed by atoms with Gasteiger partial charge in [-0.05, 0) is 38.0 Å². The molecule has 0 unspecified atom stereocenters. The standard InChI is InChI=1S/C17H17ClN4O2/c1-10-4-5-11(2)15(6-10)20-17(23)16-14(12(3)24-21-16)9-22-8-13(18)7-19-22/h4-8H,9H2,1-3H3,(H,20,23). The second-order valence-electron chi connectivity index (χ2n) is 5.69. The van der Waals surface area contributed by atoms with Crippen LogP contribution in [0.15, 0.2) is 35.1 Å². The minimum Gasteiger partial charge on any atom is -0.361 e. The quantitative estimate of drug-likeness (QED) is 0.782. The molecule has 3 rings (SSSR count). The molecule has 0 aliphatic rings. The predicted molar refractivity (Wildman–Crippen MR) is 91.4 cm³/mol. The van der Waals surface area contributed by atoms with Gasteiger partial charge in [-0.1, -0.05) is 28.9 Å². The normalized spacial score (nSPS) is 10.8. The molecule has 1 N–H and O–H groups in total. The third-order valence-corrected chi connectivity index (χ3v) is 3.96. The monoisotopic (exact) mass is 344 g/mol. The molecule has 0 radical (unpaired) electrons. The van der Waals surface area contributed by atoms with Gasteiger partial charge in [0.05, 0.1) is 17.8 Å². The van der Waals surface area contributed by atoms with Crippen molar-refractivity contribution >= 4 is 23.2 Å². The zero-order valence-electron chi connectivity index (χ0n) is 13.6. The van der Waals surface area contributed by atoms with Crippen LogP contribution in [0.25, 0.3) is 0 Å². The molecular weight excluding hydrogens is 328 g/mol. The Morgan fingerprint density at radius 2 is 2.12 bits per heavy atom. The van der Waals surface area contributed by atoms with Crippen LogP contribution in [0.2, 0.25) is 5.02 Å². The second kappa shape index (κ2) is 6.49. The molecule has 0 saturated heterocycles. The van der Waals surface area contributed by atoms with E-state index in [9.17, 15) is 4.79 Å². The Morgan fingerprint density at radius 1 is 1.33 bits per heavy atom. The van der Waals surface area contributed by atoms with Crippen molar-refractivity contribution in [2.75, 3.05) is 5.32 Å². The molecule has 0 aliphatic heterocycles. The van der Waals surface area contributed by atoms with Gasteiger partial charge < -0.3 is 9.84 Å². The van der Waals surface area contributed by atoms with E-state index in [1.165, 1.54) is 0 Å². The fourth-order valence-electron chi connectivity index (χ4n) is 2.39. The third-order valence-electron chi connectivity index (χ3n) is 3.76. The summed E-state index contributed by atoms with van der Waals surface area (Å²) in [5, 5.41) is 11.5. The lowest BCUT2D eigenvalue weighted by atomic mass is 10.1. The van der Waals surface area contributed by atoms with E-state index < -0.39 is 0 Å². The van der Waals surface area contributed by atoms with Crippen molar-refractivity contribution in [1.29, 1.82) is 0 Å². The lowest BCUT2D eigenvalue weighted by Crippen LogP contribution is -2.16. The van der Waals surface area contributed by atoms with Crippen molar-refractivity contribution in [2.24, 2.45) is 0 Å². The number of nitrogens with zero attached hydrogens (tertiary/aromatic N) is 3. The van der Waals surface area contributed by atoms with Gasteiger partial charge in [-0.15, -0.1) is 0 Å². The van der Waals surface area contributed by atoms with E-state index in [0.717, 1.165) is 16.8 Å². The minimum absolute atomic E-state index is 0.250. The molecule has 0 spiro atoms. The first-order valence-corrected chi connectivity index (χ1v) is 7.83. The molecule has 7 heteroatoms. The number of benzene rings is 1. The van der Waals surface area contributed by atoms with Crippen LogP contribution in [-0.2, 0) is 6.54 Å². The lowest BCUT2D eigenvalue weighted by Gasteiger charge is -2.09. The van der Waals surface area contributed by atoms with E-state index in [1.807, 2.05) is 32.0 Å².